The number of rotatable bonds is 23. The van der Waals surface area contributed by atoms with Crippen molar-refractivity contribution in [1.29, 1.82) is 0 Å². The van der Waals surface area contributed by atoms with Crippen molar-refractivity contribution in [3.05, 3.63) is 318 Å². The predicted octanol–water partition coefficient (Wildman–Crippen LogP) is 28.2. The second-order valence-electron chi connectivity index (χ2n) is 27.3. The molecule has 5 amide bonds. The first kappa shape index (κ1) is 97.0. The number of hydrogen-bond donors (Lipinski definition) is 10. The molecule has 0 aliphatic heterocycles. The minimum atomic E-state index is -3.65. The zero-order valence-electron chi connectivity index (χ0n) is 66.9. The van der Waals surface area contributed by atoms with Crippen LogP contribution in [-0.2, 0) is 9.84 Å². The summed E-state index contributed by atoms with van der Waals surface area (Å²) in [6.07, 6.45) is 0. The normalized spacial score (nSPS) is 10.8. The second-order valence-corrected chi connectivity index (χ2v) is 41.7. The number of hydrogen-bond acceptors (Lipinski definition) is 23. The van der Waals surface area contributed by atoms with Gasteiger partial charge in [0.2, 0.25) is 0 Å². The number of sulfone groups is 1. The molecule has 129 heavy (non-hydrogen) atoms. The predicted molar refractivity (Wildman–Crippen MR) is 530 cm³/mol. The molecule has 10 N–H and O–H groups in total. The van der Waals surface area contributed by atoms with Crippen LogP contribution in [0.2, 0.25) is 25.1 Å². The van der Waals surface area contributed by atoms with Crippen LogP contribution in [-0.4, -0.2) is 98.6 Å². The topological polar surface area (TPSA) is 366 Å². The summed E-state index contributed by atoms with van der Waals surface area (Å²) in [7, 11) is -3.65. The van der Waals surface area contributed by atoms with Gasteiger partial charge < -0.3 is 52.1 Å². The molecule has 0 radical (unpaired) electrons. The molecule has 39 heteroatoms. The lowest BCUT2D eigenvalue weighted by molar-refractivity contribution is 0.0688. The quantitative estimate of drug-likeness (QED) is 0.0284. The Morgan fingerprint density at radius 2 is 0.721 bits per heavy atom. The standard InChI is InChI=1S/C20H12ClNO3S3.C19H15Cl2NO5S3.C18H15NO3S2.C17H12ClNO3S2.C16H10ClNO3S2/c21-12-5-3-11(4-6-12)13-10-27-19(17(13)20(24)25)22-18(23)16-8-7-15(28-16)14-2-1-9-26-14;1-9(2)30(26,27)13-8-28-16(15(13)21)17(23)22-18-14(19(24)25)12(7-29-18)10-3-5-11(20)6-4-10;1-10-3-4-12(7-11(10)2)14-9-24-17(15(14)18(21)22)19-16(20)13-5-6-23-8-13;1-9-5-6-23-14(9)15(20)19-16-13(17(21)22)12(8-24-16)10-3-2-4-11(18)7-10;17-11-3-1-2-9(6-11)12-8-23-15(13(12)16(20)21)18-14(19)10-4-5-22-7-10/h1-10H,(H,22,23)(H,24,25);3-9H,1-2H3,(H,22,23)(H,24,25);3-9H,1-2H3,(H,19,20)(H,21,22);2-8H,1H3,(H,19,20)(H,21,22);1-8H,(H,18,19)(H,20,21). The van der Waals surface area contributed by atoms with Gasteiger partial charge in [0.05, 0.1) is 36.0 Å². The van der Waals surface area contributed by atoms with Crippen LogP contribution < -0.4 is 26.6 Å². The highest BCUT2D eigenvalue weighted by atomic mass is 35.5. The van der Waals surface area contributed by atoms with E-state index in [1.165, 1.54) is 110 Å². The smallest absolute Gasteiger partial charge is 0.339 e. The number of amides is 5. The summed E-state index contributed by atoms with van der Waals surface area (Å²) < 4.78 is 24.8. The molecule has 16 aromatic rings. The summed E-state index contributed by atoms with van der Waals surface area (Å²) in [5.41, 5.74) is 10.7. The van der Waals surface area contributed by atoms with Crippen molar-refractivity contribution < 1.29 is 81.9 Å². The Hall–Kier alpha value is -11.1. The molecule has 0 saturated heterocycles. The van der Waals surface area contributed by atoms with Crippen molar-refractivity contribution in [2.75, 3.05) is 26.6 Å². The van der Waals surface area contributed by atoms with E-state index in [1.807, 2.05) is 79.4 Å². The van der Waals surface area contributed by atoms with Crippen LogP contribution in [0.15, 0.2) is 227 Å². The summed E-state index contributed by atoms with van der Waals surface area (Å²) in [6.45, 7) is 8.88. The summed E-state index contributed by atoms with van der Waals surface area (Å²) in [5, 5.41) is 84.9. The van der Waals surface area contributed by atoms with Gasteiger partial charge in [0.15, 0.2) is 9.84 Å². The maximum absolute atomic E-state index is 12.7. The molecule has 0 saturated carbocycles. The van der Waals surface area contributed by atoms with E-state index in [9.17, 15) is 81.9 Å². The van der Waals surface area contributed by atoms with Crippen LogP contribution in [0.4, 0.5) is 25.0 Å². The Labute approximate surface area is 805 Å². The van der Waals surface area contributed by atoms with E-state index in [-0.39, 0.29) is 71.2 Å². The minimum absolute atomic E-state index is 0.00586. The average Bonchev–Trinajstić information content (AvgIpc) is 1.65. The van der Waals surface area contributed by atoms with Gasteiger partial charge in [0, 0.05) is 101 Å². The Morgan fingerprint density at radius 1 is 0.326 bits per heavy atom. The van der Waals surface area contributed by atoms with Crippen LogP contribution >= 0.6 is 183 Å². The Kier molecular flexibility index (Phi) is 32.7. The molecule has 22 nitrogen and oxygen atoms in total. The molecule has 0 bridgehead atoms. The molecule has 0 aliphatic carbocycles. The molecule has 0 spiro atoms. The third kappa shape index (κ3) is 23.6. The fourth-order valence-electron chi connectivity index (χ4n) is 12.0. The van der Waals surface area contributed by atoms with Crippen molar-refractivity contribution in [2.45, 2.75) is 44.8 Å². The highest BCUT2D eigenvalue weighted by Gasteiger charge is 2.32. The van der Waals surface area contributed by atoms with Gasteiger partial charge in [-0.25, -0.2) is 32.4 Å². The van der Waals surface area contributed by atoms with Gasteiger partial charge in [-0.15, -0.1) is 102 Å². The largest absolute Gasteiger partial charge is 0.478 e. The van der Waals surface area contributed by atoms with Crippen LogP contribution in [0.1, 0.15) is 132 Å². The van der Waals surface area contributed by atoms with Crippen LogP contribution in [0.25, 0.3) is 65.4 Å². The lowest BCUT2D eigenvalue weighted by Crippen LogP contribution is -2.15. The number of carbonyl (C=O) groups excluding carboxylic acids is 5. The number of benzene rings is 5. The third-order valence-corrected chi connectivity index (χ3v) is 32.5. The van der Waals surface area contributed by atoms with Crippen LogP contribution in [0.3, 0.4) is 0 Å². The fraction of sp³-hybridized carbons (Fsp3) is 0.0667. The summed E-state index contributed by atoms with van der Waals surface area (Å²) in [6, 6.07) is 46.2. The number of carboxylic acids is 5. The van der Waals surface area contributed by atoms with Gasteiger partial charge in [0.1, 0.15) is 57.7 Å². The number of nitrogens with one attached hydrogen (secondary N) is 5. The van der Waals surface area contributed by atoms with Gasteiger partial charge in [-0.2, -0.15) is 22.7 Å². The molecule has 0 atom stereocenters. The highest BCUT2D eigenvalue weighted by molar-refractivity contribution is 7.92. The van der Waals surface area contributed by atoms with E-state index in [4.69, 9.17) is 58.0 Å². The number of carbonyl (C=O) groups is 10. The second kappa shape index (κ2) is 43.5. The van der Waals surface area contributed by atoms with Crippen molar-refractivity contribution in [2.24, 2.45) is 0 Å². The molecule has 5 aromatic carbocycles. The summed E-state index contributed by atoms with van der Waals surface area (Å²) in [5.74, 6) is -7.47. The van der Waals surface area contributed by atoms with E-state index >= 15 is 0 Å². The molecular weight excluding hydrogens is 1990 g/mol. The molecule has 11 aromatic heterocycles. The molecule has 0 unspecified atom stereocenters. The first-order chi connectivity index (χ1) is 61.6. The minimum Gasteiger partial charge on any atom is -0.478 e. The van der Waals surface area contributed by atoms with E-state index in [0.29, 0.717) is 105 Å². The summed E-state index contributed by atoms with van der Waals surface area (Å²) >= 11 is 43.8. The number of anilines is 5. The monoisotopic (exact) mass is 2040 g/mol. The number of thiophene rings is 11. The Morgan fingerprint density at radius 3 is 1.09 bits per heavy atom. The molecule has 16 rings (SSSR count). The lowest BCUT2D eigenvalue weighted by Gasteiger charge is -2.07. The third-order valence-electron chi connectivity index (χ3n) is 18.6. The fourth-order valence-corrected chi connectivity index (χ4v) is 24.2. The first-order valence-electron chi connectivity index (χ1n) is 37.2. The maximum atomic E-state index is 12.7. The first-order valence-corrected chi connectivity index (χ1v) is 50.4. The number of carboxylic acid groups (broad SMARTS) is 5. The van der Waals surface area contributed by atoms with Gasteiger partial charge in [-0.3, -0.25) is 24.0 Å². The number of aromatic carboxylic acids is 5. The molecular formula is C90H64Cl5N5O17S12. The number of halogens is 5. The molecule has 0 fully saturated rings. The molecule has 11 heterocycles. The molecule has 0 aliphatic rings. The van der Waals surface area contributed by atoms with E-state index < -0.39 is 50.8 Å². The highest BCUT2D eigenvalue weighted by Crippen LogP contribution is 2.44. The summed E-state index contributed by atoms with van der Waals surface area (Å²) in [4.78, 5) is 124. The zero-order chi connectivity index (χ0) is 92.8. The van der Waals surface area contributed by atoms with Gasteiger partial charge in [0.25, 0.3) is 29.5 Å². The Balaban J connectivity index is 0.000000147. The van der Waals surface area contributed by atoms with Gasteiger partial charge in [-0.1, -0.05) is 131 Å². The number of aryl methyl sites for hydroxylation is 3. The van der Waals surface area contributed by atoms with Crippen molar-refractivity contribution >= 4 is 277 Å². The van der Waals surface area contributed by atoms with E-state index in [1.54, 1.807) is 170 Å². The average molecular weight is 2050 g/mol. The SMILES string of the molecule is CC(C)S(=O)(=O)c1csc(C(=O)Nc2scc(-c3ccc(Cl)cc3)c2C(=O)O)c1Cl.Cc1ccc(-c2csc(NC(=O)c3ccsc3)c2C(=O)O)cc1C.Cc1ccsc1C(=O)Nc1scc(-c2cccc(Cl)c2)c1C(=O)O.O=C(Nc1scc(-c2ccc(Cl)cc2)c1C(=O)O)c1ccc(-c2cccs2)s1.O=C(Nc1scc(-c2cccc(Cl)c2)c1C(=O)O)c1ccsc1. The maximum Gasteiger partial charge on any atom is 0.339 e. The van der Waals surface area contributed by atoms with Gasteiger partial charge >= 0.3 is 29.8 Å². The lowest BCUT2D eigenvalue weighted by atomic mass is 9.99. The van der Waals surface area contributed by atoms with Crippen LogP contribution in [0, 0.1) is 20.8 Å². The Bertz CT molecular complexity index is 7000. The van der Waals surface area contributed by atoms with Crippen molar-refractivity contribution in [1.82, 2.24) is 0 Å². The van der Waals surface area contributed by atoms with Gasteiger partial charge in [-0.05, 0) is 186 Å². The van der Waals surface area contributed by atoms with Crippen LogP contribution in [0.5, 0.6) is 0 Å². The van der Waals surface area contributed by atoms with E-state index in [2.05, 4.69) is 26.6 Å². The van der Waals surface area contributed by atoms with E-state index in [0.717, 1.165) is 60.2 Å². The zero-order valence-corrected chi connectivity index (χ0v) is 80.5. The van der Waals surface area contributed by atoms with Crippen molar-refractivity contribution in [3.8, 4) is 65.4 Å². The van der Waals surface area contributed by atoms with Crippen molar-refractivity contribution in [3.63, 3.8) is 0 Å². The molecule has 658 valence electrons.